The van der Waals surface area contributed by atoms with Gasteiger partial charge in [-0.15, -0.1) is 0 Å². The summed E-state index contributed by atoms with van der Waals surface area (Å²) >= 11 is 0. The molecule has 1 aromatic heterocycles. The fraction of sp³-hybridized carbons (Fsp3) is 0.130. The van der Waals surface area contributed by atoms with Crippen molar-refractivity contribution in [2.75, 3.05) is 19.0 Å². The number of benzene rings is 2. The highest BCUT2D eigenvalue weighted by molar-refractivity contribution is 6.21. The van der Waals surface area contributed by atoms with Gasteiger partial charge in [-0.2, -0.15) is 0 Å². The number of hydrogen-bond donors (Lipinski definition) is 1. The fourth-order valence-corrected chi connectivity index (χ4v) is 3.42. The maximum atomic E-state index is 12.7. The van der Waals surface area contributed by atoms with Gasteiger partial charge in [0.1, 0.15) is 17.2 Å². The van der Waals surface area contributed by atoms with Crippen molar-refractivity contribution in [2.24, 2.45) is 0 Å². The van der Waals surface area contributed by atoms with Crippen LogP contribution in [0.2, 0.25) is 0 Å². The molecule has 0 atom stereocenters. The van der Waals surface area contributed by atoms with E-state index in [-0.39, 0.29) is 40.4 Å². The first kappa shape index (κ1) is 23.2. The van der Waals surface area contributed by atoms with E-state index in [2.05, 4.69) is 5.32 Å². The van der Waals surface area contributed by atoms with Crippen LogP contribution in [0, 0.1) is 10.1 Å². The van der Waals surface area contributed by atoms with Crippen molar-refractivity contribution >= 4 is 35.1 Å². The Hall–Kier alpha value is -5.00. The number of esters is 1. The molecule has 0 aliphatic carbocycles. The Kier molecular flexibility index (Phi) is 6.27. The van der Waals surface area contributed by atoms with Crippen LogP contribution in [-0.4, -0.2) is 47.2 Å². The molecular formula is C23H17N3O9. The maximum absolute atomic E-state index is 12.7. The van der Waals surface area contributed by atoms with Gasteiger partial charge in [-0.1, -0.05) is 0 Å². The number of rotatable bonds is 8. The predicted octanol–water partition coefficient (Wildman–Crippen LogP) is 2.79. The molecular weight excluding hydrogens is 462 g/mol. The van der Waals surface area contributed by atoms with Crippen LogP contribution in [0.1, 0.15) is 36.8 Å². The van der Waals surface area contributed by atoms with E-state index in [0.29, 0.717) is 5.76 Å². The van der Waals surface area contributed by atoms with Crippen molar-refractivity contribution in [3.8, 4) is 5.75 Å². The van der Waals surface area contributed by atoms with Crippen LogP contribution in [0.25, 0.3) is 0 Å². The molecule has 12 nitrogen and oxygen atoms in total. The molecule has 0 saturated carbocycles. The molecule has 0 unspecified atom stereocenters. The first-order valence-electron chi connectivity index (χ1n) is 10.1. The van der Waals surface area contributed by atoms with E-state index in [1.165, 1.54) is 49.8 Å². The van der Waals surface area contributed by atoms with Gasteiger partial charge in [0.15, 0.2) is 6.61 Å². The van der Waals surface area contributed by atoms with Crippen LogP contribution in [0.5, 0.6) is 5.75 Å². The number of anilines is 1. The Bertz CT molecular complexity index is 1350. The number of nitro benzene ring substituents is 1. The molecule has 0 radical (unpaired) electrons. The number of nitrogens with zero attached hydrogens (tertiary/aromatic N) is 2. The van der Waals surface area contributed by atoms with Gasteiger partial charge in [-0.05, 0) is 36.4 Å². The van der Waals surface area contributed by atoms with Crippen LogP contribution in [0.4, 0.5) is 11.4 Å². The van der Waals surface area contributed by atoms with Gasteiger partial charge < -0.3 is 19.2 Å². The Labute approximate surface area is 197 Å². The van der Waals surface area contributed by atoms with Gasteiger partial charge in [0.05, 0.1) is 41.5 Å². The fourth-order valence-electron chi connectivity index (χ4n) is 3.42. The van der Waals surface area contributed by atoms with E-state index in [0.717, 1.165) is 4.90 Å². The van der Waals surface area contributed by atoms with E-state index in [4.69, 9.17) is 13.9 Å². The van der Waals surface area contributed by atoms with Crippen molar-refractivity contribution in [3.63, 3.8) is 0 Å². The lowest BCUT2D eigenvalue weighted by atomic mass is 10.1. The molecule has 2 aromatic carbocycles. The quantitative estimate of drug-likeness (QED) is 0.222. The average molecular weight is 479 g/mol. The molecule has 0 bridgehead atoms. The number of furan rings is 1. The third-order valence-electron chi connectivity index (χ3n) is 5.11. The smallest absolute Gasteiger partial charge is 0.338 e. The molecule has 0 fully saturated rings. The second-order valence-corrected chi connectivity index (χ2v) is 7.30. The summed E-state index contributed by atoms with van der Waals surface area (Å²) in [4.78, 5) is 61.4. The zero-order chi connectivity index (χ0) is 25.1. The number of nitro groups is 1. The minimum absolute atomic E-state index is 0.0208. The zero-order valence-corrected chi connectivity index (χ0v) is 18.2. The molecule has 12 heteroatoms. The second-order valence-electron chi connectivity index (χ2n) is 7.30. The minimum atomic E-state index is -0.923. The van der Waals surface area contributed by atoms with E-state index in [1.807, 2.05) is 0 Å². The van der Waals surface area contributed by atoms with Crippen LogP contribution in [0.3, 0.4) is 0 Å². The molecule has 3 aromatic rings. The third kappa shape index (κ3) is 4.71. The van der Waals surface area contributed by atoms with Gasteiger partial charge in [0, 0.05) is 12.1 Å². The summed E-state index contributed by atoms with van der Waals surface area (Å²) in [6, 6.07) is 10.9. The van der Waals surface area contributed by atoms with Gasteiger partial charge in [-0.25, -0.2) is 4.79 Å². The highest BCUT2D eigenvalue weighted by Gasteiger charge is 2.36. The number of carbonyl (C=O) groups excluding carboxylic acids is 4. The third-order valence-corrected chi connectivity index (χ3v) is 5.11. The molecule has 1 aliphatic heterocycles. The molecule has 2 heterocycles. The Morgan fingerprint density at radius 3 is 2.54 bits per heavy atom. The molecule has 35 heavy (non-hydrogen) atoms. The van der Waals surface area contributed by atoms with Gasteiger partial charge >= 0.3 is 5.97 Å². The largest absolute Gasteiger partial charge is 0.497 e. The highest BCUT2D eigenvalue weighted by Crippen LogP contribution is 2.29. The summed E-state index contributed by atoms with van der Waals surface area (Å²) in [5, 5.41) is 13.5. The van der Waals surface area contributed by atoms with E-state index in [1.54, 1.807) is 12.1 Å². The second kappa shape index (κ2) is 9.47. The van der Waals surface area contributed by atoms with Crippen molar-refractivity contribution in [1.82, 2.24) is 4.90 Å². The monoisotopic (exact) mass is 479 g/mol. The lowest BCUT2D eigenvalue weighted by molar-refractivity contribution is -0.383. The topological polar surface area (TPSA) is 158 Å². The molecule has 1 aliphatic rings. The number of hydrogen-bond acceptors (Lipinski definition) is 9. The average Bonchev–Trinajstić information content (AvgIpc) is 3.45. The first-order chi connectivity index (χ1) is 16.8. The lowest BCUT2D eigenvalue weighted by Crippen LogP contribution is -2.28. The molecule has 3 amide bonds. The Morgan fingerprint density at radius 1 is 1.09 bits per heavy atom. The number of nitrogens with one attached hydrogen (secondary N) is 1. The van der Waals surface area contributed by atoms with Crippen LogP contribution < -0.4 is 10.1 Å². The Morgan fingerprint density at radius 2 is 1.86 bits per heavy atom. The summed E-state index contributed by atoms with van der Waals surface area (Å²) in [5.74, 6) is -2.18. The molecule has 1 N–H and O–H groups in total. The summed E-state index contributed by atoms with van der Waals surface area (Å²) in [5.41, 5.74) is -0.404. The number of ether oxygens (including phenoxy) is 2. The summed E-state index contributed by atoms with van der Waals surface area (Å²) in [7, 11) is 1.36. The standard InChI is InChI=1S/C23H17N3O9/c1-33-14-5-7-19(26(31)32)18(10-14)24-20(27)12-35-23(30)13-4-6-16-17(9-13)22(29)25(21(16)28)11-15-3-2-8-34-15/h2-10H,11-12H2,1H3,(H,24,27). The van der Waals surface area contributed by atoms with Crippen LogP contribution >= 0.6 is 0 Å². The van der Waals surface area contributed by atoms with Gasteiger partial charge in [-0.3, -0.25) is 29.4 Å². The Balaban J connectivity index is 1.42. The SMILES string of the molecule is COc1ccc([N+](=O)[O-])c(NC(=O)COC(=O)c2ccc3c(c2)C(=O)N(Cc2ccco2)C3=O)c1. The van der Waals surface area contributed by atoms with E-state index >= 15 is 0 Å². The number of imide groups is 1. The number of amides is 3. The van der Waals surface area contributed by atoms with Gasteiger partial charge in [0.25, 0.3) is 23.4 Å². The summed E-state index contributed by atoms with van der Waals surface area (Å²) in [6.07, 6.45) is 1.42. The predicted molar refractivity (Wildman–Crippen MR) is 118 cm³/mol. The number of carbonyl (C=O) groups is 4. The van der Waals surface area contributed by atoms with Gasteiger partial charge in [0.2, 0.25) is 0 Å². The van der Waals surface area contributed by atoms with E-state index in [9.17, 15) is 29.3 Å². The van der Waals surface area contributed by atoms with Crippen molar-refractivity contribution in [3.05, 3.63) is 87.4 Å². The summed E-state index contributed by atoms with van der Waals surface area (Å²) < 4.78 is 15.2. The summed E-state index contributed by atoms with van der Waals surface area (Å²) in [6.45, 7) is -0.808. The minimum Gasteiger partial charge on any atom is -0.497 e. The molecule has 0 saturated heterocycles. The number of fused-ring (bicyclic) bond motifs is 1. The van der Waals surface area contributed by atoms with Crippen LogP contribution in [-0.2, 0) is 16.1 Å². The van der Waals surface area contributed by atoms with Crippen molar-refractivity contribution < 1.29 is 38.0 Å². The molecule has 0 spiro atoms. The van der Waals surface area contributed by atoms with E-state index < -0.39 is 35.2 Å². The van der Waals surface area contributed by atoms with Crippen molar-refractivity contribution in [1.29, 1.82) is 0 Å². The molecule has 178 valence electrons. The highest BCUT2D eigenvalue weighted by atomic mass is 16.6. The van der Waals surface area contributed by atoms with Crippen molar-refractivity contribution in [2.45, 2.75) is 6.54 Å². The lowest BCUT2D eigenvalue weighted by Gasteiger charge is -2.11. The van der Waals surface area contributed by atoms with Crippen LogP contribution in [0.15, 0.2) is 59.2 Å². The zero-order valence-electron chi connectivity index (χ0n) is 18.2. The molecule has 4 rings (SSSR count). The maximum Gasteiger partial charge on any atom is 0.338 e. The first-order valence-corrected chi connectivity index (χ1v) is 10.1. The number of methoxy groups -OCH3 is 1. The normalized spacial score (nSPS) is 12.3.